The van der Waals surface area contributed by atoms with Crippen LogP contribution in [0.1, 0.15) is 0 Å². The standard InChI is InChI=1S/C14H10Cl2N2/c15-13-9-6-8-2-4-12(18)14(16)10(8)5-7(9)1-3-11(13)17/h1-6H,17-18H2. The summed E-state index contributed by atoms with van der Waals surface area (Å²) < 4.78 is 0. The highest BCUT2D eigenvalue weighted by Gasteiger charge is 2.08. The highest BCUT2D eigenvalue weighted by molar-refractivity contribution is 6.40. The lowest BCUT2D eigenvalue weighted by molar-refractivity contribution is 1.72. The van der Waals surface area contributed by atoms with Crippen molar-refractivity contribution < 1.29 is 0 Å². The molecule has 0 aliphatic heterocycles. The summed E-state index contributed by atoms with van der Waals surface area (Å²) in [6.07, 6.45) is 0. The zero-order valence-electron chi connectivity index (χ0n) is 9.37. The van der Waals surface area contributed by atoms with Crippen molar-refractivity contribution in [2.24, 2.45) is 0 Å². The van der Waals surface area contributed by atoms with E-state index in [1.54, 1.807) is 12.1 Å². The molecule has 3 aromatic rings. The highest BCUT2D eigenvalue weighted by atomic mass is 35.5. The molecule has 3 rings (SSSR count). The Bertz CT molecular complexity index is 714. The molecule has 3 aromatic carbocycles. The van der Waals surface area contributed by atoms with Crippen LogP contribution >= 0.6 is 23.2 Å². The molecule has 0 fully saturated rings. The quantitative estimate of drug-likeness (QED) is 0.470. The second-order valence-corrected chi connectivity index (χ2v) is 4.99. The summed E-state index contributed by atoms with van der Waals surface area (Å²) in [5, 5.41) is 4.98. The van der Waals surface area contributed by atoms with E-state index in [1.807, 2.05) is 24.3 Å². The molecule has 0 spiro atoms. The van der Waals surface area contributed by atoms with Gasteiger partial charge in [-0.2, -0.15) is 0 Å². The van der Waals surface area contributed by atoms with Crippen molar-refractivity contribution in [3.05, 3.63) is 46.4 Å². The van der Waals surface area contributed by atoms with Gasteiger partial charge < -0.3 is 11.5 Å². The summed E-state index contributed by atoms with van der Waals surface area (Å²) in [5.74, 6) is 0. The molecule has 2 nitrogen and oxygen atoms in total. The Labute approximate surface area is 114 Å². The first kappa shape index (κ1) is 11.5. The van der Waals surface area contributed by atoms with Crippen LogP contribution in [0.4, 0.5) is 11.4 Å². The summed E-state index contributed by atoms with van der Waals surface area (Å²) in [7, 11) is 0. The molecule has 0 aromatic heterocycles. The Hall–Kier alpha value is -1.64. The number of hydrogen-bond acceptors (Lipinski definition) is 2. The first-order chi connectivity index (χ1) is 8.58. The van der Waals surface area contributed by atoms with E-state index in [1.165, 1.54) is 0 Å². The zero-order valence-corrected chi connectivity index (χ0v) is 10.9. The lowest BCUT2D eigenvalue weighted by Crippen LogP contribution is -1.89. The fraction of sp³-hybridized carbons (Fsp3) is 0. The summed E-state index contributed by atoms with van der Waals surface area (Å²) >= 11 is 12.4. The van der Waals surface area contributed by atoms with Crippen molar-refractivity contribution in [1.82, 2.24) is 0 Å². The normalized spacial score (nSPS) is 11.2. The predicted octanol–water partition coefficient (Wildman–Crippen LogP) is 4.46. The van der Waals surface area contributed by atoms with Gasteiger partial charge in [-0.05, 0) is 35.0 Å². The van der Waals surface area contributed by atoms with Crippen LogP contribution in [0.15, 0.2) is 36.4 Å². The number of hydrogen-bond donors (Lipinski definition) is 2. The van der Waals surface area contributed by atoms with Gasteiger partial charge in [-0.15, -0.1) is 0 Å². The van der Waals surface area contributed by atoms with E-state index in [0.29, 0.717) is 21.4 Å². The van der Waals surface area contributed by atoms with Crippen molar-refractivity contribution in [2.45, 2.75) is 0 Å². The Kier molecular flexibility index (Phi) is 2.51. The number of rotatable bonds is 0. The molecular weight excluding hydrogens is 267 g/mol. The molecule has 90 valence electrons. The second kappa shape index (κ2) is 3.94. The van der Waals surface area contributed by atoms with E-state index in [-0.39, 0.29) is 0 Å². The molecule has 0 bridgehead atoms. The minimum atomic E-state index is 0.572. The van der Waals surface area contributed by atoms with Gasteiger partial charge >= 0.3 is 0 Å². The summed E-state index contributed by atoms with van der Waals surface area (Å²) in [6.45, 7) is 0. The van der Waals surface area contributed by atoms with Gasteiger partial charge in [0, 0.05) is 10.8 Å². The van der Waals surface area contributed by atoms with Crippen molar-refractivity contribution in [2.75, 3.05) is 11.5 Å². The number of benzene rings is 3. The molecule has 0 radical (unpaired) electrons. The number of halogens is 2. The third kappa shape index (κ3) is 1.57. The number of anilines is 2. The predicted molar refractivity (Wildman–Crippen MR) is 80.3 cm³/mol. The van der Waals surface area contributed by atoms with Crippen LogP contribution in [0.5, 0.6) is 0 Å². The molecule has 0 aliphatic rings. The van der Waals surface area contributed by atoms with E-state index in [0.717, 1.165) is 21.5 Å². The van der Waals surface area contributed by atoms with Gasteiger partial charge in [0.1, 0.15) is 0 Å². The lowest BCUT2D eigenvalue weighted by Gasteiger charge is -2.08. The average molecular weight is 277 g/mol. The van der Waals surface area contributed by atoms with E-state index in [4.69, 9.17) is 34.7 Å². The van der Waals surface area contributed by atoms with Gasteiger partial charge in [0.2, 0.25) is 0 Å². The summed E-state index contributed by atoms with van der Waals surface area (Å²) in [6, 6.07) is 11.4. The van der Waals surface area contributed by atoms with Gasteiger partial charge in [-0.3, -0.25) is 0 Å². The zero-order chi connectivity index (χ0) is 12.9. The largest absolute Gasteiger partial charge is 0.398 e. The molecule has 0 unspecified atom stereocenters. The highest BCUT2D eigenvalue weighted by Crippen LogP contribution is 2.36. The van der Waals surface area contributed by atoms with Gasteiger partial charge in [-0.25, -0.2) is 0 Å². The Balaban J connectivity index is 2.51. The fourth-order valence-electron chi connectivity index (χ4n) is 2.11. The minimum Gasteiger partial charge on any atom is -0.398 e. The van der Waals surface area contributed by atoms with Gasteiger partial charge in [0.05, 0.1) is 21.4 Å². The van der Waals surface area contributed by atoms with Crippen LogP contribution in [-0.2, 0) is 0 Å². The van der Waals surface area contributed by atoms with Crippen molar-refractivity contribution in [3.63, 3.8) is 0 Å². The van der Waals surface area contributed by atoms with Crippen LogP contribution in [0.3, 0.4) is 0 Å². The second-order valence-electron chi connectivity index (χ2n) is 4.23. The van der Waals surface area contributed by atoms with Crippen LogP contribution < -0.4 is 11.5 Å². The smallest absolute Gasteiger partial charge is 0.0713 e. The Morgan fingerprint density at radius 1 is 0.667 bits per heavy atom. The van der Waals surface area contributed by atoms with Gasteiger partial charge in [0.25, 0.3) is 0 Å². The molecule has 0 saturated carbocycles. The van der Waals surface area contributed by atoms with Crippen molar-refractivity contribution >= 4 is 56.1 Å². The third-order valence-corrected chi connectivity index (χ3v) is 3.93. The minimum absolute atomic E-state index is 0.572. The number of fused-ring (bicyclic) bond motifs is 2. The molecule has 0 saturated heterocycles. The summed E-state index contributed by atoms with van der Waals surface area (Å²) in [4.78, 5) is 0. The van der Waals surface area contributed by atoms with Crippen LogP contribution in [0.2, 0.25) is 10.0 Å². The summed E-state index contributed by atoms with van der Waals surface area (Å²) in [5.41, 5.74) is 12.8. The average Bonchev–Trinajstić information content (AvgIpc) is 2.38. The molecular formula is C14H10Cl2N2. The van der Waals surface area contributed by atoms with Crippen molar-refractivity contribution in [3.8, 4) is 0 Å². The fourth-order valence-corrected chi connectivity index (χ4v) is 2.56. The molecule has 0 heterocycles. The molecule has 4 heteroatoms. The third-order valence-electron chi connectivity index (χ3n) is 3.09. The maximum Gasteiger partial charge on any atom is 0.0713 e. The monoisotopic (exact) mass is 276 g/mol. The maximum atomic E-state index is 6.21. The van der Waals surface area contributed by atoms with Crippen LogP contribution in [-0.4, -0.2) is 0 Å². The van der Waals surface area contributed by atoms with E-state index in [2.05, 4.69) is 0 Å². The Morgan fingerprint density at radius 2 is 1.06 bits per heavy atom. The molecule has 0 aliphatic carbocycles. The van der Waals surface area contributed by atoms with Gasteiger partial charge in [-0.1, -0.05) is 35.3 Å². The van der Waals surface area contributed by atoms with Crippen molar-refractivity contribution in [1.29, 1.82) is 0 Å². The number of nitrogen functional groups attached to an aromatic ring is 2. The lowest BCUT2D eigenvalue weighted by atomic mass is 10.0. The van der Waals surface area contributed by atoms with E-state index >= 15 is 0 Å². The van der Waals surface area contributed by atoms with Crippen LogP contribution in [0, 0.1) is 0 Å². The Morgan fingerprint density at radius 3 is 1.44 bits per heavy atom. The first-order valence-corrected chi connectivity index (χ1v) is 6.19. The first-order valence-electron chi connectivity index (χ1n) is 5.43. The molecule has 0 atom stereocenters. The SMILES string of the molecule is Nc1ccc2cc3c(Cl)c(N)ccc3cc2c1Cl. The molecule has 0 amide bonds. The van der Waals surface area contributed by atoms with E-state index in [9.17, 15) is 0 Å². The van der Waals surface area contributed by atoms with Gasteiger partial charge in [0.15, 0.2) is 0 Å². The van der Waals surface area contributed by atoms with E-state index < -0.39 is 0 Å². The molecule has 18 heavy (non-hydrogen) atoms. The maximum absolute atomic E-state index is 6.21. The van der Waals surface area contributed by atoms with Crippen LogP contribution in [0.25, 0.3) is 21.5 Å². The molecule has 4 N–H and O–H groups in total. The number of nitrogens with two attached hydrogens (primary N) is 2. The topological polar surface area (TPSA) is 52.0 Å².